The number of aryl methyl sites for hydroxylation is 1. The molecule has 0 fully saturated rings. The van der Waals surface area contributed by atoms with E-state index < -0.39 is 10.0 Å². The van der Waals surface area contributed by atoms with E-state index in [9.17, 15) is 8.42 Å². The summed E-state index contributed by atoms with van der Waals surface area (Å²) >= 11 is 0. The van der Waals surface area contributed by atoms with Crippen molar-refractivity contribution in [3.63, 3.8) is 0 Å². The van der Waals surface area contributed by atoms with E-state index in [1.165, 1.54) is 18.3 Å². The minimum Gasteiger partial charge on any atom is -0.338 e. The number of nitrogens with one attached hydrogen (secondary N) is 2. The predicted molar refractivity (Wildman–Crippen MR) is 65.1 cm³/mol. The van der Waals surface area contributed by atoms with Gasteiger partial charge in [0.2, 0.25) is 15.9 Å². The molecule has 2 aromatic heterocycles. The van der Waals surface area contributed by atoms with Gasteiger partial charge in [0, 0.05) is 12.3 Å². The van der Waals surface area contributed by atoms with Crippen LogP contribution in [-0.2, 0) is 16.6 Å². The van der Waals surface area contributed by atoms with Gasteiger partial charge in [-0.2, -0.15) is 4.98 Å². The molecule has 0 saturated carbocycles. The first-order valence-corrected chi connectivity index (χ1v) is 6.71. The normalized spacial score (nSPS) is 11.5. The highest BCUT2D eigenvalue weighted by atomic mass is 32.2. The maximum Gasteiger partial charge on any atom is 0.241 e. The molecule has 0 aliphatic heterocycles. The summed E-state index contributed by atoms with van der Waals surface area (Å²) in [7, 11) is -3.70. The zero-order valence-electron chi connectivity index (χ0n) is 9.99. The molecule has 102 valence electrons. The minimum atomic E-state index is -3.70. The van der Waals surface area contributed by atoms with Crippen LogP contribution in [0.5, 0.6) is 0 Å². The molecule has 0 spiro atoms. The lowest BCUT2D eigenvalue weighted by atomic mass is 10.5. The summed E-state index contributed by atoms with van der Waals surface area (Å²) in [6.45, 7) is 1.56. The van der Waals surface area contributed by atoms with Crippen LogP contribution in [0.1, 0.15) is 11.7 Å². The second-order valence-corrected chi connectivity index (χ2v) is 5.35. The van der Waals surface area contributed by atoms with Crippen molar-refractivity contribution in [2.75, 3.05) is 5.43 Å². The lowest BCUT2D eigenvalue weighted by molar-refractivity contribution is 0.372. The van der Waals surface area contributed by atoms with Crippen LogP contribution in [0, 0.1) is 6.92 Å². The van der Waals surface area contributed by atoms with E-state index in [1.807, 2.05) is 0 Å². The second-order valence-electron chi connectivity index (χ2n) is 3.58. The topological polar surface area (TPSA) is 136 Å². The summed E-state index contributed by atoms with van der Waals surface area (Å²) in [5.41, 5.74) is 2.27. The van der Waals surface area contributed by atoms with Crippen LogP contribution in [0.4, 0.5) is 5.82 Å². The fourth-order valence-electron chi connectivity index (χ4n) is 1.31. The van der Waals surface area contributed by atoms with Gasteiger partial charge >= 0.3 is 0 Å². The Labute approximate surface area is 109 Å². The summed E-state index contributed by atoms with van der Waals surface area (Å²) in [5.74, 6) is 6.04. The van der Waals surface area contributed by atoms with Crippen molar-refractivity contribution in [2.24, 2.45) is 5.84 Å². The van der Waals surface area contributed by atoms with Crippen LogP contribution in [-0.4, -0.2) is 23.5 Å². The molecule has 0 aromatic carbocycles. The molecule has 9 nitrogen and oxygen atoms in total. The van der Waals surface area contributed by atoms with E-state index >= 15 is 0 Å². The van der Waals surface area contributed by atoms with Gasteiger partial charge in [-0.05, 0) is 13.0 Å². The quantitative estimate of drug-likeness (QED) is 0.495. The summed E-state index contributed by atoms with van der Waals surface area (Å²) in [5, 5.41) is 3.56. The average Bonchev–Trinajstić information content (AvgIpc) is 2.82. The van der Waals surface area contributed by atoms with Gasteiger partial charge in [-0.1, -0.05) is 5.16 Å². The van der Waals surface area contributed by atoms with E-state index in [0.29, 0.717) is 5.82 Å². The summed E-state index contributed by atoms with van der Waals surface area (Å²) < 4.78 is 31.1. The first kappa shape index (κ1) is 13.4. The van der Waals surface area contributed by atoms with Gasteiger partial charge in [0.05, 0.1) is 11.4 Å². The fraction of sp³-hybridized carbons (Fsp3) is 0.222. The average molecular weight is 284 g/mol. The number of hydrogen-bond acceptors (Lipinski definition) is 8. The number of hydrogen-bond donors (Lipinski definition) is 3. The van der Waals surface area contributed by atoms with Crippen molar-refractivity contribution in [3.8, 4) is 0 Å². The van der Waals surface area contributed by atoms with Crippen molar-refractivity contribution in [1.82, 2.24) is 19.8 Å². The number of rotatable bonds is 5. The Hall–Kier alpha value is -2.04. The smallest absolute Gasteiger partial charge is 0.241 e. The highest BCUT2D eigenvalue weighted by molar-refractivity contribution is 7.89. The number of aromatic nitrogens is 3. The number of nitrogen functional groups attached to an aromatic ring is 1. The van der Waals surface area contributed by atoms with Gasteiger partial charge in [0.15, 0.2) is 5.82 Å². The maximum atomic E-state index is 12.0. The minimum absolute atomic E-state index is 0.0340. The summed E-state index contributed by atoms with van der Waals surface area (Å²) in [6, 6.07) is 2.66. The zero-order valence-corrected chi connectivity index (χ0v) is 10.8. The second kappa shape index (κ2) is 5.30. The Kier molecular flexibility index (Phi) is 3.74. The largest absolute Gasteiger partial charge is 0.338 e. The molecule has 2 aromatic rings. The Bertz CT molecular complexity index is 668. The molecule has 0 atom stereocenters. The molecule has 0 aliphatic rings. The van der Waals surface area contributed by atoms with Crippen molar-refractivity contribution in [2.45, 2.75) is 18.4 Å². The number of hydrazine groups is 1. The van der Waals surface area contributed by atoms with Gasteiger partial charge in [-0.3, -0.25) is 0 Å². The zero-order chi connectivity index (χ0) is 13.9. The Morgan fingerprint density at radius 2 is 2.26 bits per heavy atom. The van der Waals surface area contributed by atoms with Crippen molar-refractivity contribution < 1.29 is 12.9 Å². The Morgan fingerprint density at radius 1 is 1.47 bits per heavy atom. The SMILES string of the molecule is Cc1noc(CNS(=O)(=O)c2ccnc(NN)c2)n1. The molecule has 0 unspecified atom stereocenters. The molecule has 2 rings (SSSR count). The molecule has 19 heavy (non-hydrogen) atoms. The first-order chi connectivity index (χ1) is 9.01. The lowest BCUT2D eigenvalue weighted by Gasteiger charge is -2.05. The van der Waals surface area contributed by atoms with Gasteiger partial charge < -0.3 is 9.95 Å². The van der Waals surface area contributed by atoms with Crippen LogP contribution < -0.4 is 16.0 Å². The molecule has 0 aliphatic carbocycles. The third kappa shape index (κ3) is 3.24. The van der Waals surface area contributed by atoms with Crippen molar-refractivity contribution in [3.05, 3.63) is 30.0 Å². The van der Waals surface area contributed by atoms with E-state index in [0.717, 1.165) is 0 Å². The summed E-state index contributed by atoms with van der Waals surface area (Å²) in [6.07, 6.45) is 1.33. The first-order valence-electron chi connectivity index (χ1n) is 5.23. The fourth-order valence-corrected chi connectivity index (χ4v) is 2.30. The molecular formula is C9H12N6O3S. The molecule has 0 saturated heterocycles. The highest BCUT2D eigenvalue weighted by Gasteiger charge is 2.16. The number of pyridine rings is 1. The molecule has 0 bridgehead atoms. The maximum absolute atomic E-state index is 12.0. The molecule has 0 amide bonds. The Balaban J connectivity index is 2.13. The van der Waals surface area contributed by atoms with E-state index in [2.05, 4.69) is 25.3 Å². The highest BCUT2D eigenvalue weighted by Crippen LogP contribution is 2.12. The molecule has 0 radical (unpaired) electrons. The Morgan fingerprint density at radius 3 is 2.89 bits per heavy atom. The standard InChI is InChI=1S/C9H12N6O3S/c1-6-13-9(18-15-6)5-12-19(16,17)7-2-3-11-8(4-7)14-10/h2-4,12H,5,10H2,1H3,(H,11,14). The lowest BCUT2D eigenvalue weighted by Crippen LogP contribution is -2.23. The summed E-state index contributed by atoms with van der Waals surface area (Å²) in [4.78, 5) is 7.75. The molecular weight excluding hydrogens is 272 g/mol. The van der Waals surface area contributed by atoms with Crippen molar-refractivity contribution in [1.29, 1.82) is 0 Å². The monoisotopic (exact) mass is 284 g/mol. The van der Waals surface area contributed by atoms with Gasteiger partial charge in [-0.15, -0.1) is 0 Å². The van der Waals surface area contributed by atoms with Gasteiger partial charge in [0.1, 0.15) is 5.82 Å². The van der Waals surface area contributed by atoms with E-state index in [1.54, 1.807) is 6.92 Å². The molecule has 10 heteroatoms. The predicted octanol–water partition coefficient (Wildman–Crippen LogP) is -0.463. The number of nitrogens with zero attached hydrogens (tertiary/aromatic N) is 3. The van der Waals surface area contributed by atoms with Crippen LogP contribution in [0.25, 0.3) is 0 Å². The van der Waals surface area contributed by atoms with Gasteiger partial charge in [-0.25, -0.2) is 24.0 Å². The van der Waals surface area contributed by atoms with Crippen LogP contribution >= 0.6 is 0 Å². The van der Waals surface area contributed by atoms with Crippen LogP contribution in [0.2, 0.25) is 0 Å². The third-order valence-electron chi connectivity index (χ3n) is 2.17. The van der Waals surface area contributed by atoms with Gasteiger partial charge in [0.25, 0.3) is 0 Å². The van der Waals surface area contributed by atoms with Crippen LogP contribution in [0.15, 0.2) is 27.7 Å². The van der Waals surface area contributed by atoms with E-state index in [-0.39, 0.29) is 23.1 Å². The third-order valence-corrected chi connectivity index (χ3v) is 3.57. The van der Waals surface area contributed by atoms with Crippen LogP contribution in [0.3, 0.4) is 0 Å². The van der Waals surface area contributed by atoms with Crippen molar-refractivity contribution >= 4 is 15.8 Å². The molecule has 4 N–H and O–H groups in total. The van der Waals surface area contributed by atoms with E-state index in [4.69, 9.17) is 10.4 Å². The molecule has 2 heterocycles. The number of nitrogens with two attached hydrogens (primary N) is 1. The number of anilines is 1. The number of sulfonamides is 1.